The molecular weight excluding hydrogens is 366 g/mol. The normalized spacial score (nSPS) is 13.8. The Balaban J connectivity index is 0.000000941. The Labute approximate surface area is 172 Å². The Kier molecular flexibility index (Phi) is 8.17. The van der Waals surface area contributed by atoms with E-state index < -0.39 is 5.60 Å². The van der Waals surface area contributed by atoms with Gasteiger partial charge in [-0.1, -0.05) is 67.4 Å². The van der Waals surface area contributed by atoms with E-state index in [1.807, 2.05) is 43.9 Å². The van der Waals surface area contributed by atoms with E-state index in [0.717, 1.165) is 18.4 Å². The van der Waals surface area contributed by atoms with Gasteiger partial charge in [0.05, 0.1) is 0 Å². The van der Waals surface area contributed by atoms with E-state index in [9.17, 15) is 4.79 Å². The summed E-state index contributed by atoms with van der Waals surface area (Å²) >= 11 is 0. The zero-order chi connectivity index (χ0) is 21.3. The summed E-state index contributed by atoms with van der Waals surface area (Å²) in [6, 6.07) is 19.1. The minimum atomic E-state index is -0.467. The third kappa shape index (κ3) is 7.20. The summed E-state index contributed by atoms with van der Waals surface area (Å²) in [6.07, 6.45) is 4.58. The van der Waals surface area contributed by atoms with E-state index >= 15 is 0 Å². The van der Waals surface area contributed by atoms with Crippen LogP contribution in [0.4, 0.5) is 4.79 Å². The van der Waals surface area contributed by atoms with Crippen molar-refractivity contribution in [2.24, 2.45) is 0 Å². The molecule has 0 radical (unpaired) electrons. The van der Waals surface area contributed by atoms with Crippen LogP contribution in [0.1, 0.15) is 52.0 Å². The van der Waals surface area contributed by atoms with E-state index in [-0.39, 0.29) is 12.2 Å². The van der Waals surface area contributed by atoms with Crippen molar-refractivity contribution >= 4 is 12.2 Å². The lowest BCUT2D eigenvalue weighted by molar-refractivity contribution is -0.191. The van der Waals surface area contributed by atoms with Crippen LogP contribution in [-0.4, -0.2) is 28.8 Å². The number of rotatable bonds is 4. The van der Waals surface area contributed by atoms with Crippen LogP contribution in [0.3, 0.4) is 0 Å². The highest BCUT2D eigenvalue weighted by Gasteiger charge is 2.30. The maximum absolute atomic E-state index is 12.7. The molecule has 0 N–H and O–H groups in total. The van der Waals surface area contributed by atoms with Crippen LogP contribution in [0.5, 0.6) is 0 Å². The zero-order valence-corrected chi connectivity index (χ0v) is 17.4. The van der Waals surface area contributed by atoms with Crippen LogP contribution < -0.4 is 0 Å². The largest absolute Gasteiger partial charge is 0.444 e. The number of hydrogen-bond acceptors (Lipinski definition) is 4. The molecule has 3 rings (SSSR count). The monoisotopic (exact) mass is 395 g/mol. The molecule has 1 saturated carbocycles. The molecule has 0 bridgehead atoms. The molecule has 5 nitrogen and oxygen atoms in total. The van der Waals surface area contributed by atoms with Gasteiger partial charge >= 0.3 is 12.2 Å². The van der Waals surface area contributed by atoms with Crippen LogP contribution in [0, 0.1) is 0 Å². The lowest BCUT2D eigenvalue weighted by Gasteiger charge is -2.31. The average molecular weight is 395 g/mol. The molecule has 5 heteroatoms. The van der Waals surface area contributed by atoms with E-state index in [2.05, 4.69) is 36.4 Å². The summed E-state index contributed by atoms with van der Waals surface area (Å²) in [6.45, 7) is 6.37. The number of carbonyl (C=O) groups is 1. The standard InChI is InChI=1S/C23H29NO2.CO2/c1-23(2,3)26-22(25)24(21-11-7-8-12-21)17-18-13-15-20(16-14-18)19-9-5-4-6-10-19;2-1-3/h4-6,9-10,13-16,21H,7-8,11-12,17H2,1-3H3;. The quantitative estimate of drug-likeness (QED) is 0.690. The Morgan fingerprint density at radius 2 is 1.48 bits per heavy atom. The fourth-order valence-electron chi connectivity index (χ4n) is 3.51. The molecule has 29 heavy (non-hydrogen) atoms. The van der Waals surface area contributed by atoms with Gasteiger partial charge in [0.2, 0.25) is 0 Å². The summed E-state index contributed by atoms with van der Waals surface area (Å²) in [4.78, 5) is 30.9. The molecule has 2 aromatic carbocycles. The Hall–Kier alpha value is -2.91. The molecule has 0 aliphatic heterocycles. The van der Waals surface area contributed by atoms with E-state index in [1.165, 1.54) is 24.0 Å². The van der Waals surface area contributed by atoms with Crippen molar-refractivity contribution in [3.05, 3.63) is 60.2 Å². The molecule has 0 heterocycles. The van der Waals surface area contributed by atoms with Gasteiger partial charge < -0.3 is 9.64 Å². The Morgan fingerprint density at radius 3 is 2.00 bits per heavy atom. The van der Waals surface area contributed by atoms with Crippen LogP contribution in [0.2, 0.25) is 0 Å². The maximum Gasteiger partial charge on any atom is 0.410 e. The van der Waals surface area contributed by atoms with Crippen LogP contribution in [0.15, 0.2) is 54.6 Å². The van der Waals surface area contributed by atoms with E-state index in [0.29, 0.717) is 12.6 Å². The average Bonchev–Trinajstić information content (AvgIpc) is 3.21. The molecule has 0 saturated heterocycles. The number of nitrogens with zero attached hydrogens (tertiary/aromatic N) is 1. The van der Waals surface area contributed by atoms with Gasteiger partial charge in [-0.15, -0.1) is 0 Å². The van der Waals surface area contributed by atoms with Gasteiger partial charge in [0, 0.05) is 12.6 Å². The molecule has 1 aliphatic rings. The number of hydrogen-bond donors (Lipinski definition) is 0. The summed E-state index contributed by atoms with van der Waals surface area (Å²) in [5, 5.41) is 0. The fraction of sp³-hybridized carbons (Fsp3) is 0.417. The summed E-state index contributed by atoms with van der Waals surface area (Å²) in [5.41, 5.74) is 3.07. The van der Waals surface area contributed by atoms with Gasteiger partial charge in [-0.05, 0) is 50.3 Å². The molecule has 0 aromatic heterocycles. The predicted octanol–water partition coefficient (Wildman–Crippen LogP) is 5.45. The van der Waals surface area contributed by atoms with Crippen molar-refractivity contribution in [1.29, 1.82) is 0 Å². The van der Waals surface area contributed by atoms with Gasteiger partial charge in [-0.2, -0.15) is 9.59 Å². The summed E-state index contributed by atoms with van der Waals surface area (Å²) in [7, 11) is 0. The smallest absolute Gasteiger partial charge is 0.410 e. The molecule has 0 unspecified atom stereocenters. The second kappa shape index (κ2) is 10.6. The first-order valence-corrected chi connectivity index (χ1v) is 9.97. The van der Waals surface area contributed by atoms with Crippen molar-refractivity contribution in [2.75, 3.05) is 0 Å². The fourth-order valence-corrected chi connectivity index (χ4v) is 3.51. The second-order valence-electron chi connectivity index (χ2n) is 8.19. The van der Waals surface area contributed by atoms with Crippen LogP contribution in [-0.2, 0) is 20.9 Å². The van der Waals surface area contributed by atoms with Gasteiger partial charge in [-0.25, -0.2) is 4.79 Å². The first-order chi connectivity index (χ1) is 13.8. The highest BCUT2D eigenvalue weighted by Crippen LogP contribution is 2.27. The topological polar surface area (TPSA) is 63.7 Å². The third-order valence-electron chi connectivity index (χ3n) is 4.81. The minimum absolute atomic E-state index is 0.198. The molecule has 1 fully saturated rings. The Morgan fingerprint density at radius 1 is 0.966 bits per heavy atom. The lowest BCUT2D eigenvalue weighted by Crippen LogP contribution is -2.41. The first kappa shape index (κ1) is 22.4. The van der Waals surface area contributed by atoms with Crippen molar-refractivity contribution in [3.8, 4) is 11.1 Å². The molecule has 0 atom stereocenters. The van der Waals surface area contributed by atoms with Gasteiger partial charge in [-0.3, -0.25) is 0 Å². The number of carbonyl (C=O) groups excluding carboxylic acids is 3. The van der Waals surface area contributed by atoms with Crippen molar-refractivity contribution in [1.82, 2.24) is 4.90 Å². The van der Waals surface area contributed by atoms with Gasteiger partial charge in [0.1, 0.15) is 5.60 Å². The van der Waals surface area contributed by atoms with Gasteiger partial charge in [0.15, 0.2) is 0 Å². The van der Waals surface area contributed by atoms with E-state index in [1.54, 1.807) is 0 Å². The maximum atomic E-state index is 12.7. The van der Waals surface area contributed by atoms with Crippen LogP contribution >= 0.6 is 0 Å². The lowest BCUT2D eigenvalue weighted by atomic mass is 10.0. The zero-order valence-electron chi connectivity index (χ0n) is 17.4. The van der Waals surface area contributed by atoms with Crippen molar-refractivity contribution in [3.63, 3.8) is 0 Å². The molecule has 1 aliphatic carbocycles. The van der Waals surface area contributed by atoms with Gasteiger partial charge in [0.25, 0.3) is 0 Å². The molecule has 2 aromatic rings. The minimum Gasteiger partial charge on any atom is -0.444 e. The molecule has 1 amide bonds. The number of benzene rings is 2. The second-order valence-corrected chi connectivity index (χ2v) is 8.19. The molecule has 154 valence electrons. The summed E-state index contributed by atoms with van der Waals surface area (Å²) in [5.74, 6) is 0. The highest BCUT2D eigenvalue weighted by molar-refractivity contribution is 5.69. The van der Waals surface area contributed by atoms with Crippen LogP contribution in [0.25, 0.3) is 11.1 Å². The molecule has 0 spiro atoms. The number of amides is 1. The summed E-state index contributed by atoms with van der Waals surface area (Å²) < 4.78 is 5.66. The third-order valence-corrected chi connectivity index (χ3v) is 4.81. The highest BCUT2D eigenvalue weighted by atomic mass is 16.6. The van der Waals surface area contributed by atoms with Crippen molar-refractivity contribution in [2.45, 2.75) is 64.6 Å². The number of ether oxygens (including phenoxy) is 1. The molecular formula is C24H29NO4. The Bertz CT molecular complexity index is 797. The predicted molar refractivity (Wildman–Crippen MR) is 111 cm³/mol. The SMILES string of the molecule is CC(C)(C)OC(=O)N(Cc1ccc(-c2ccccc2)cc1)C1CCCC1.O=C=O. The first-order valence-electron chi connectivity index (χ1n) is 9.97. The van der Waals surface area contributed by atoms with Crippen molar-refractivity contribution < 1.29 is 19.1 Å². The van der Waals surface area contributed by atoms with E-state index in [4.69, 9.17) is 14.3 Å².